The van der Waals surface area contributed by atoms with Crippen molar-refractivity contribution in [3.05, 3.63) is 36.0 Å². The number of aliphatic hydroxyl groups excluding tert-OH is 1. The normalized spacial score (nSPS) is 13.4. The van der Waals surface area contributed by atoms with E-state index in [0.717, 1.165) is 6.42 Å². The number of benzene rings is 1. The molecule has 1 heterocycles. The Labute approximate surface area is 83.8 Å². The van der Waals surface area contributed by atoms with Gasteiger partial charge in [0.25, 0.3) is 0 Å². The molecule has 0 unspecified atom stereocenters. The van der Waals surface area contributed by atoms with E-state index in [0.29, 0.717) is 0 Å². The predicted molar refractivity (Wildman–Crippen MR) is 58.3 cm³/mol. The minimum Gasteiger partial charge on any atom is -0.393 e. The molecule has 0 aliphatic carbocycles. The summed E-state index contributed by atoms with van der Waals surface area (Å²) in [7, 11) is 2.04. The lowest BCUT2D eigenvalue weighted by Gasteiger charge is -2.05. The Bertz CT molecular complexity index is 443. The Morgan fingerprint density at radius 3 is 2.86 bits per heavy atom. The molecule has 1 N–H and O–H groups in total. The lowest BCUT2D eigenvalue weighted by atomic mass is 10.1. The highest BCUT2D eigenvalue weighted by molar-refractivity contribution is 5.80. The zero-order valence-corrected chi connectivity index (χ0v) is 8.57. The summed E-state index contributed by atoms with van der Waals surface area (Å²) in [6, 6.07) is 8.42. The topological polar surface area (TPSA) is 25.2 Å². The Balaban J connectivity index is 2.44. The van der Waals surface area contributed by atoms with Crippen molar-refractivity contribution in [3.63, 3.8) is 0 Å². The van der Waals surface area contributed by atoms with Gasteiger partial charge in [0.15, 0.2) is 0 Å². The molecule has 1 aromatic heterocycles. The van der Waals surface area contributed by atoms with Gasteiger partial charge in [0.2, 0.25) is 0 Å². The maximum atomic E-state index is 9.29. The van der Waals surface area contributed by atoms with Gasteiger partial charge in [-0.1, -0.05) is 12.1 Å². The van der Waals surface area contributed by atoms with E-state index in [1.807, 2.05) is 14.0 Å². The number of nitrogens with zero attached hydrogens (tertiary/aromatic N) is 1. The van der Waals surface area contributed by atoms with Crippen LogP contribution < -0.4 is 0 Å². The smallest absolute Gasteiger partial charge is 0.0552 e. The molecule has 0 spiro atoms. The number of rotatable bonds is 2. The molecule has 1 atom stereocenters. The van der Waals surface area contributed by atoms with Gasteiger partial charge in [-0.05, 0) is 36.4 Å². The molecule has 0 fully saturated rings. The molecule has 2 rings (SSSR count). The maximum Gasteiger partial charge on any atom is 0.0552 e. The van der Waals surface area contributed by atoms with Crippen LogP contribution in [0.4, 0.5) is 0 Å². The zero-order chi connectivity index (χ0) is 10.1. The molecule has 2 nitrogen and oxygen atoms in total. The van der Waals surface area contributed by atoms with Gasteiger partial charge in [0.05, 0.1) is 6.10 Å². The summed E-state index contributed by atoms with van der Waals surface area (Å²) < 4.78 is 2.10. The lowest BCUT2D eigenvalue weighted by molar-refractivity contribution is 0.195. The fraction of sp³-hybridized carbons (Fsp3) is 0.333. The van der Waals surface area contributed by atoms with Gasteiger partial charge in [-0.2, -0.15) is 0 Å². The Kier molecular flexibility index (Phi) is 2.30. The maximum absolute atomic E-state index is 9.29. The van der Waals surface area contributed by atoms with Crippen molar-refractivity contribution in [2.75, 3.05) is 0 Å². The van der Waals surface area contributed by atoms with Gasteiger partial charge >= 0.3 is 0 Å². The summed E-state index contributed by atoms with van der Waals surface area (Å²) in [6.07, 6.45) is 2.51. The molecule has 0 radical (unpaired) electrons. The highest BCUT2D eigenvalue weighted by Gasteiger charge is 2.02. The molecule has 74 valence electrons. The van der Waals surface area contributed by atoms with E-state index < -0.39 is 0 Å². The SMILES string of the molecule is C[C@H](O)Cc1ccc2ccn(C)c2c1. The molecule has 0 aliphatic heterocycles. The highest BCUT2D eigenvalue weighted by Crippen LogP contribution is 2.17. The van der Waals surface area contributed by atoms with Crippen molar-refractivity contribution in [1.82, 2.24) is 4.57 Å². The number of fused-ring (bicyclic) bond motifs is 1. The van der Waals surface area contributed by atoms with Crippen LogP contribution in [0.15, 0.2) is 30.5 Å². The predicted octanol–water partition coefficient (Wildman–Crippen LogP) is 2.10. The molecule has 2 heteroatoms. The molecule has 0 saturated heterocycles. The Hall–Kier alpha value is -1.28. The number of aliphatic hydroxyl groups is 1. The van der Waals surface area contributed by atoms with Crippen molar-refractivity contribution in [2.45, 2.75) is 19.4 Å². The van der Waals surface area contributed by atoms with Gasteiger partial charge in [-0.15, -0.1) is 0 Å². The van der Waals surface area contributed by atoms with Gasteiger partial charge in [-0.25, -0.2) is 0 Å². The summed E-state index contributed by atoms with van der Waals surface area (Å²) in [4.78, 5) is 0. The quantitative estimate of drug-likeness (QED) is 0.769. The minimum absolute atomic E-state index is 0.271. The second-order valence-corrected chi connectivity index (χ2v) is 3.87. The van der Waals surface area contributed by atoms with Gasteiger partial charge in [0, 0.05) is 18.8 Å². The van der Waals surface area contributed by atoms with Gasteiger partial charge in [-0.3, -0.25) is 0 Å². The van der Waals surface area contributed by atoms with Crippen LogP contribution in [0, 0.1) is 0 Å². The van der Waals surface area contributed by atoms with Crippen LogP contribution in [-0.2, 0) is 13.5 Å². The Morgan fingerprint density at radius 2 is 2.14 bits per heavy atom. The minimum atomic E-state index is -0.271. The first-order chi connectivity index (χ1) is 6.66. The molecular formula is C12H15NO. The first-order valence-electron chi connectivity index (χ1n) is 4.89. The summed E-state index contributed by atoms with van der Waals surface area (Å²) >= 11 is 0. The number of hydrogen-bond donors (Lipinski definition) is 1. The van der Waals surface area contributed by atoms with E-state index in [1.54, 1.807) is 0 Å². The highest BCUT2D eigenvalue weighted by atomic mass is 16.3. The van der Waals surface area contributed by atoms with E-state index in [9.17, 15) is 5.11 Å². The second kappa shape index (κ2) is 3.46. The summed E-state index contributed by atoms with van der Waals surface area (Å²) in [5.41, 5.74) is 2.41. The summed E-state index contributed by atoms with van der Waals surface area (Å²) in [6.45, 7) is 1.81. The molecule has 0 saturated carbocycles. The van der Waals surface area contributed by atoms with E-state index in [2.05, 4.69) is 35.0 Å². The summed E-state index contributed by atoms with van der Waals surface area (Å²) in [5, 5.41) is 10.5. The van der Waals surface area contributed by atoms with Crippen molar-refractivity contribution in [2.24, 2.45) is 7.05 Å². The third kappa shape index (κ3) is 1.66. The van der Waals surface area contributed by atoms with Crippen LogP contribution in [0.1, 0.15) is 12.5 Å². The largest absolute Gasteiger partial charge is 0.393 e. The molecule has 0 bridgehead atoms. The third-order valence-corrected chi connectivity index (χ3v) is 2.48. The van der Waals surface area contributed by atoms with Crippen LogP contribution in [0.5, 0.6) is 0 Å². The van der Waals surface area contributed by atoms with Crippen molar-refractivity contribution in [3.8, 4) is 0 Å². The number of aromatic nitrogens is 1. The molecule has 2 aromatic rings. The second-order valence-electron chi connectivity index (χ2n) is 3.87. The fourth-order valence-electron chi connectivity index (χ4n) is 1.78. The van der Waals surface area contributed by atoms with Crippen LogP contribution in [0.2, 0.25) is 0 Å². The van der Waals surface area contributed by atoms with E-state index in [1.165, 1.54) is 16.5 Å². The van der Waals surface area contributed by atoms with Crippen molar-refractivity contribution in [1.29, 1.82) is 0 Å². The zero-order valence-electron chi connectivity index (χ0n) is 8.57. The third-order valence-electron chi connectivity index (χ3n) is 2.48. The Morgan fingerprint density at radius 1 is 1.36 bits per heavy atom. The standard InChI is InChI=1S/C12H15NO/c1-9(14)7-10-3-4-11-5-6-13(2)12(11)8-10/h3-6,8-9,14H,7H2,1-2H3/t9-/m0/s1. The number of hydrogen-bond acceptors (Lipinski definition) is 1. The lowest BCUT2D eigenvalue weighted by Crippen LogP contribution is -2.03. The van der Waals surface area contributed by atoms with E-state index in [4.69, 9.17) is 0 Å². The molecule has 14 heavy (non-hydrogen) atoms. The van der Waals surface area contributed by atoms with E-state index in [-0.39, 0.29) is 6.10 Å². The van der Waals surface area contributed by atoms with Gasteiger partial charge < -0.3 is 9.67 Å². The molecule has 0 aliphatic rings. The average molecular weight is 189 g/mol. The van der Waals surface area contributed by atoms with Crippen molar-refractivity contribution >= 4 is 10.9 Å². The van der Waals surface area contributed by atoms with Crippen LogP contribution in [0.25, 0.3) is 10.9 Å². The van der Waals surface area contributed by atoms with E-state index >= 15 is 0 Å². The molecule has 1 aromatic carbocycles. The average Bonchev–Trinajstić information content (AvgIpc) is 2.47. The fourth-order valence-corrected chi connectivity index (χ4v) is 1.78. The molecular weight excluding hydrogens is 174 g/mol. The monoisotopic (exact) mass is 189 g/mol. The van der Waals surface area contributed by atoms with Crippen LogP contribution >= 0.6 is 0 Å². The van der Waals surface area contributed by atoms with Crippen molar-refractivity contribution < 1.29 is 5.11 Å². The first-order valence-corrected chi connectivity index (χ1v) is 4.89. The van der Waals surface area contributed by atoms with Gasteiger partial charge in [0.1, 0.15) is 0 Å². The van der Waals surface area contributed by atoms with Crippen LogP contribution in [-0.4, -0.2) is 15.8 Å². The molecule has 0 amide bonds. The number of aryl methyl sites for hydroxylation is 1. The summed E-state index contributed by atoms with van der Waals surface area (Å²) in [5.74, 6) is 0. The van der Waals surface area contributed by atoms with Crippen LogP contribution in [0.3, 0.4) is 0 Å². The first kappa shape index (κ1) is 9.28.